The van der Waals surface area contributed by atoms with E-state index in [2.05, 4.69) is 15.0 Å². The van der Waals surface area contributed by atoms with Gasteiger partial charge in [-0.2, -0.15) is 0 Å². The summed E-state index contributed by atoms with van der Waals surface area (Å²) in [5.74, 6) is -0.259. The zero-order valence-corrected chi connectivity index (χ0v) is 15.7. The number of hydrogen-bond donors (Lipinski definition) is 2. The maximum atomic E-state index is 12.3. The van der Waals surface area contributed by atoms with Gasteiger partial charge < -0.3 is 5.32 Å². The van der Waals surface area contributed by atoms with Crippen LogP contribution in [0.3, 0.4) is 0 Å². The standard InChI is InChI=1S/C16H15N3O3S3/c1-25(21,22)19-13-6-3-2-5-12(13)18-15(20)9-11-10-24-16(17-11)14-7-4-8-23-14/h2-8,10,19H,9H2,1H3,(H,18,20). The lowest BCUT2D eigenvalue weighted by atomic mass is 10.2. The quantitative estimate of drug-likeness (QED) is 0.672. The third kappa shape index (κ3) is 4.88. The number of benzene rings is 1. The summed E-state index contributed by atoms with van der Waals surface area (Å²) in [6.07, 6.45) is 1.18. The van der Waals surface area contributed by atoms with Crippen LogP contribution in [0.2, 0.25) is 0 Å². The average Bonchev–Trinajstić information content (AvgIpc) is 3.18. The summed E-state index contributed by atoms with van der Waals surface area (Å²) in [6.45, 7) is 0. The Bertz CT molecular complexity index is 979. The molecule has 0 unspecified atom stereocenters. The van der Waals surface area contributed by atoms with Crippen LogP contribution in [0.25, 0.3) is 9.88 Å². The second kappa shape index (κ2) is 7.34. The van der Waals surface area contributed by atoms with Crippen LogP contribution in [-0.4, -0.2) is 25.6 Å². The molecule has 0 radical (unpaired) electrons. The Balaban J connectivity index is 1.69. The van der Waals surface area contributed by atoms with E-state index < -0.39 is 10.0 Å². The number of thiazole rings is 1. The van der Waals surface area contributed by atoms with Gasteiger partial charge in [-0.25, -0.2) is 13.4 Å². The third-order valence-corrected chi connectivity index (χ3v) is 5.64. The van der Waals surface area contributed by atoms with Crippen molar-refractivity contribution in [1.29, 1.82) is 0 Å². The number of para-hydroxylation sites is 2. The van der Waals surface area contributed by atoms with E-state index in [-0.39, 0.29) is 12.3 Å². The molecule has 1 aromatic carbocycles. The number of amides is 1. The molecule has 0 spiro atoms. The number of anilines is 2. The second-order valence-electron chi connectivity index (χ2n) is 5.27. The van der Waals surface area contributed by atoms with Crippen LogP contribution in [0.15, 0.2) is 47.2 Å². The van der Waals surface area contributed by atoms with Crippen molar-refractivity contribution < 1.29 is 13.2 Å². The molecule has 0 bridgehead atoms. The van der Waals surface area contributed by atoms with Gasteiger partial charge in [0.25, 0.3) is 0 Å². The molecule has 9 heteroatoms. The molecule has 0 aliphatic carbocycles. The molecule has 1 amide bonds. The third-order valence-electron chi connectivity index (χ3n) is 3.12. The van der Waals surface area contributed by atoms with Crippen LogP contribution >= 0.6 is 22.7 Å². The maximum Gasteiger partial charge on any atom is 0.230 e. The van der Waals surface area contributed by atoms with Crippen molar-refractivity contribution in [3.63, 3.8) is 0 Å². The number of carbonyl (C=O) groups excluding carboxylic acids is 1. The summed E-state index contributed by atoms with van der Waals surface area (Å²) in [5, 5.41) is 7.45. The zero-order chi connectivity index (χ0) is 17.9. The molecule has 130 valence electrons. The number of carbonyl (C=O) groups is 1. The summed E-state index contributed by atoms with van der Waals surface area (Å²) in [6, 6.07) is 10.6. The molecular weight excluding hydrogens is 378 g/mol. The fourth-order valence-corrected chi connectivity index (χ4v) is 4.35. The molecule has 3 aromatic rings. The van der Waals surface area contributed by atoms with Crippen molar-refractivity contribution in [2.75, 3.05) is 16.3 Å². The summed E-state index contributed by atoms with van der Waals surface area (Å²) in [4.78, 5) is 17.8. The molecule has 2 N–H and O–H groups in total. The fourth-order valence-electron chi connectivity index (χ4n) is 2.14. The van der Waals surface area contributed by atoms with Gasteiger partial charge in [0.2, 0.25) is 15.9 Å². The van der Waals surface area contributed by atoms with Crippen LogP contribution in [-0.2, 0) is 21.2 Å². The van der Waals surface area contributed by atoms with E-state index in [1.807, 2.05) is 22.9 Å². The Kier molecular flexibility index (Phi) is 5.16. The van der Waals surface area contributed by atoms with Crippen molar-refractivity contribution in [2.24, 2.45) is 0 Å². The van der Waals surface area contributed by atoms with Gasteiger partial charge in [-0.1, -0.05) is 18.2 Å². The van der Waals surface area contributed by atoms with E-state index in [4.69, 9.17) is 0 Å². The van der Waals surface area contributed by atoms with Crippen molar-refractivity contribution >= 4 is 50.0 Å². The molecule has 25 heavy (non-hydrogen) atoms. The lowest BCUT2D eigenvalue weighted by molar-refractivity contribution is -0.115. The summed E-state index contributed by atoms with van der Waals surface area (Å²) >= 11 is 3.09. The highest BCUT2D eigenvalue weighted by atomic mass is 32.2. The first-order valence-electron chi connectivity index (χ1n) is 7.26. The topological polar surface area (TPSA) is 88.2 Å². The molecule has 0 fully saturated rings. The van der Waals surface area contributed by atoms with E-state index in [9.17, 15) is 13.2 Å². The molecule has 6 nitrogen and oxygen atoms in total. The highest BCUT2D eigenvalue weighted by Gasteiger charge is 2.12. The molecule has 0 saturated carbocycles. The molecular formula is C16H15N3O3S3. The molecule has 0 saturated heterocycles. The predicted octanol–water partition coefficient (Wildman–Crippen LogP) is 3.42. The minimum Gasteiger partial charge on any atom is -0.324 e. The van der Waals surface area contributed by atoms with Crippen molar-refractivity contribution in [3.8, 4) is 9.88 Å². The van der Waals surface area contributed by atoms with E-state index in [1.54, 1.807) is 35.6 Å². The van der Waals surface area contributed by atoms with Gasteiger partial charge in [0, 0.05) is 5.38 Å². The number of nitrogens with zero attached hydrogens (tertiary/aromatic N) is 1. The number of sulfonamides is 1. The highest BCUT2D eigenvalue weighted by Crippen LogP contribution is 2.28. The van der Waals surface area contributed by atoms with Gasteiger partial charge in [0.15, 0.2) is 0 Å². The van der Waals surface area contributed by atoms with Gasteiger partial charge in [0.05, 0.1) is 34.6 Å². The van der Waals surface area contributed by atoms with Crippen LogP contribution in [0.1, 0.15) is 5.69 Å². The summed E-state index contributed by atoms with van der Waals surface area (Å²) < 4.78 is 25.2. The van der Waals surface area contributed by atoms with Crippen molar-refractivity contribution in [3.05, 3.63) is 52.9 Å². The Morgan fingerprint density at radius 2 is 1.88 bits per heavy atom. The Morgan fingerprint density at radius 1 is 1.12 bits per heavy atom. The van der Waals surface area contributed by atoms with E-state index >= 15 is 0 Å². The molecule has 0 atom stereocenters. The maximum absolute atomic E-state index is 12.3. The zero-order valence-electron chi connectivity index (χ0n) is 13.2. The fraction of sp³-hybridized carbons (Fsp3) is 0.125. The minimum atomic E-state index is -3.43. The number of aromatic nitrogens is 1. The normalized spacial score (nSPS) is 11.2. The largest absolute Gasteiger partial charge is 0.324 e. The van der Waals surface area contributed by atoms with E-state index in [0.717, 1.165) is 16.1 Å². The number of thiophene rings is 1. The first-order chi connectivity index (χ1) is 11.9. The molecule has 0 aliphatic heterocycles. The lowest BCUT2D eigenvalue weighted by Gasteiger charge is -2.11. The molecule has 2 aromatic heterocycles. The highest BCUT2D eigenvalue weighted by molar-refractivity contribution is 7.92. The second-order valence-corrected chi connectivity index (χ2v) is 8.82. The van der Waals surface area contributed by atoms with Crippen LogP contribution < -0.4 is 10.0 Å². The smallest absolute Gasteiger partial charge is 0.230 e. The van der Waals surface area contributed by atoms with Gasteiger partial charge in [-0.05, 0) is 23.6 Å². The lowest BCUT2D eigenvalue weighted by Crippen LogP contribution is -2.17. The van der Waals surface area contributed by atoms with Gasteiger partial charge in [0.1, 0.15) is 5.01 Å². The van der Waals surface area contributed by atoms with Crippen LogP contribution in [0.4, 0.5) is 11.4 Å². The van der Waals surface area contributed by atoms with Crippen molar-refractivity contribution in [1.82, 2.24) is 4.98 Å². The van der Waals surface area contributed by atoms with E-state index in [0.29, 0.717) is 17.1 Å². The number of nitrogens with one attached hydrogen (secondary N) is 2. The number of hydrogen-bond acceptors (Lipinski definition) is 6. The molecule has 2 heterocycles. The summed E-state index contributed by atoms with van der Waals surface area (Å²) in [7, 11) is -3.43. The van der Waals surface area contributed by atoms with E-state index in [1.165, 1.54) is 11.3 Å². The van der Waals surface area contributed by atoms with Gasteiger partial charge >= 0.3 is 0 Å². The predicted molar refractivity (Wildman–Crippen MR) is 103 cm³/mol. The SMILES string of the molecule is CS(=O)(=O)Nc1ccccc1NC(=O)Cc1csc(-c2cccs2)n1. The van der Waals surface area contributed by atoms with Crippen molar-refractivity contribution in [2.45, 2.75) is 6.42 Å². The van der Waals surface area contributed by atoms with Gasteiger partial charge in [-0.15, -0.1) is 22.7 Å². The van der Waals surface area contributed by atoms with Gasteiger partial charge in [-0.3, -0.25) is 9.52 Å². The number of rotatable bonds is 6. The monoisotopic (exact) mass is 393 g/mol. The molecule has 0 aliphatic rings. The molecule has 3 rings (SSSR count). The average molecular weight is 394 g/mol. The Labute approximate surface area is 153 Å². The van der Waals surface area contributed by atoms with Crippen LogP contribution in [0, 0.1) is 0 Å². The first-order valence-corrected chi connectivity index (χ1v) is 10.9. The van der Waals surface area contributed by atoms with Crippen LogP contribution in [0.5, 0.6) is 0 Å². The summed E-state index contributed by atoms with van der Waals surface area (Å²) in [5.41, 5.74) is 1.42. The Morgan fingerprint density at radius 3 is 2.56 bits per heavy atom. The first kappa shape index (κ1) is 17.6. The Hall–Kier alpha value is -2.23. The minimum absolute atomic E-state index is 0.120.